The van der Waals surface area contributed by atoms with E-state index in [-0.39, 0.29) is 11.0 Å². The molecule has 0 N–H and O–H groups in total. The summed E-state index contributed by atoms with van der Waals surface area (Å²) in [5.74, 6) is -0.0528. The molecule has 26 heavy (non-hydrogen) atoms. The molecule has 0 aliphatic heterocycles. The number of hydrogen-bond acceptors (Lipinski definition) is 2. The minimum absolute atomic E-state index is 0.0543. The molecule has 0 radical (unpaired) electrons. The molecule has 1 saturated carbocycles. The predicted molar refractivity (Wildman–Crippen MR) is 95.1 cm³/mol. The Kier molecular flexibility index (Phi) is 4.86. The fraction of sp³-hybridized carbons (Fsp3) is 0.474. The van der Waals surface area contributed by atoms with Crippen molar-refractivity contribution in [1.82, 2.24) is 3.96 Å². The Bertz CT molecular complexity index is 883. The molecule has 0 saturated heterocycles. The van der Waals surface area contributed by atoms with Crippen molar-refractivity contribution in [3.8, 4) is 0 Å². The molecule has 1 aliphatic rings. The number of alkyl halides is 3. The average molecular weight is 382 g/mol. The zero-order valence-electron chi connectivity index (χ0n) is 14.9. The molecule has 140 valence electrons. The van der Waals surface area contributed by atoms with E-state index in [0.29, 0.717) is 11.4 Å². The number of hydrogen-bond donors (Lipinski definition) is 0. The molecule has 1 fully saturated rings. The van der Waals surface area contributed by atoms with Crippen molar-refractivity contribution in [2.24, 2.45) is 10.9 Å². The van der Waals surface area contributed by atoms with Crippen molar-refractivity contribution in [1.29, 1.82) is 0 Å². The van der Waals surface area contributed by atoms with E-state index in [1.165, 1.54) is 12.1 Å². The van der Waals surface area contributed by atoms with Crippen molar-refractivity contribution in [2.75, 3.05) is 0 Å². The summed E-state index contributed by atoms with van der Waals surface area (Å²) in [7, 11) is 0. The van der Waals surface area contributed by atoms with Crippen LogP contribution in [-0.4, -0.2) is 9.86 Å². The second-order valence-electron chi connectivity index (χ2n) is 7.71. The molecule has 0 atom stereocenters. The van der Waals surface area contributed by atoms with Gasteiger partial charge in [0.1, 0.15) is 5.49 Å². The molecular formula is C19H21F3N2OS. The van der Waals surface area contributed by atoms with Crippen molar-refractivity contribution in [3.63, 3.8) is 0 Å². The highest BCUT2D eigenvalue weighted by Crippen LogP contribution is 2.32. The zero-order valence-corrected chi connectivity index (χ0v) is 15.7. The Morgan fingerprint density at radius 1 is 1.23 bits per heavy atom. The van der Waals surface area contributed by atoms with Crippen LogP contribution in [-0.2, 0) is 18.1 Å². The molecule has 0 spiro atoms. The van der Waals surface area contributed by atoms with E-state index in [1.54, 1.807) is 11.5 Å². The van der Waals surface area contributed by atoms with Gasteiger partial charge in [-0.25, -0.2) is 0 Å². The van der Waals surface area contributed by atoms with Gasteiger partial charge >= 0.3 is 6.18 Å². The fourth-order valence-electron chi connectivity index (χ4n) is 2.49. The SMILES string of the molecule is CC(C)(C)c1c/c(=N\C(=O)c2cccc(C(F)(F)F)c2)n(CC2CC2)s1. The van der Waals surface area contributed by atoms with Crippen molar-refractivity contribution >= 4 is 17.4 Å². The van der Waals surface area contributed by atoms with Crippen molar-refractivity contribution in [3.05, 3.63) is 51.8 Å². The Labute approximate surface area is 154 Å². The molecule has 1 aromatic heterocycles. The molecule has 0 unspecified atom stereocenters. The predicted octanol–water partition coefficient (Wildman–Crippen LogP) is 5.02. The van der Waals surface area contributed by atoms with Gasteiger partial charge in [-0.05, 0) is 48.4 Å². The summed E-state index contributed by atoms with van der Waals surface area (Å²) in [5.41, 5.74) is -0.455. The largest absolute Gasteiger partial charge is 0.416 e. The molecule has 0 bridgehead atoms. The molecule has 1 amide bonds. The van der Waals surface area contributed by atoms with Gasteiger partial charge in [-0.15, -0.1) is 0 Å². The minimum atomic E-state index is -4.48. The third-order valence-corrected chi connectivity index (χ3v) is 5.72. The first kappa shape index (κ1) is 18.9. The van der Waals surface area contributed by atoms with E-state index < -0.39 is 17.6 Å². The van der Waals surface area contributed by atoms with E-state index in [2.05, 4.69) is 25.8 Å². The highest BCUT2D eigenvalue weighted by Gasteiger charge is 2.31. The van der Waals surface area contributed by atoms with Gasteiger partial charge in [-0.2, -0.15) is 18.2 Å². The second-order valence-corrected chi connectivity index (χ2v) is 8.77. The lowest BCUT2D eigenvalue weighted by Gasteiger charge is -2.14. The summed E-state index contributed by atoms with van der Waals surface area (Å²) in [4.78, 5) is 17.7. The number of carbonyl (C=O) groups is 1. The maximum absolute atomic E-state index is 12.9. The van der Waals surface area contributed by atoms with Crippen LogP contribution in [0.3, 0.4) is 0 Å². The number of nitrogens with zero attached hydrogens (tertiary/aromatic N) is 2. The van der Waals surface area contributed by atoms with Gasteiger partial charge in [0, 0.05) is 17.0 Å². The van der Waals surface area contributed by atoms with Crippen molar-refractivity contribution < 1.29 is 18.0 Å². The van der Waals surface area contributed by atoms with Gasteiger partial charge in [-0.3, -0.25) is 8.75 Å². The molecular weight excluding hydrogens is 361 g/mol. The average Bonchev–Trinajstić information content (AvgIpc) is 3.26. The van der Waals surface area contributed by atoms with E-state index in [0.717, 1.165) is 36.4 Å². The summed E-state index contributed by atoms with van der Waals surface area (Å²) in [6.07, 6.45) is -2.16. The lowest BCUT2D eigenvalue weighted by Crippen LogP contribution is -2.18. The highest BCUT2D eigenvalue weighted by atomic mass is 32.1. The third-order valence-electron chi connectivity index (χ3n) is 4.24. The van der Waals surface area contributed by atoms with E-state index >= 15 is 0 Å². The van der Waals surface area contributed by atoms with Crippen LogP contribution in [0.4, 0.5) is 13.2 Å². The normalized spacial score (nSPS) is 16.2. The first-order chi connectivity index (χ1) is 12.0. The fourth-order valence-corrected chi connectivity index (χ4v) is 3.63. The number of carbonyl (C=O) groups excluding carboxylic acids is 1. The maximum Gasteiger partial charge on any atom is 0.416 e. The molecule has 1 heterocycles. The molecule has 3 rings (SSSR count). The van der Waals surface area contributed by atoms with Crippen LogP contribution in [0, 0.1) is 5.92 Å². The van der Waals surface area contributed by atoms with E-state index in [9.17, 15) is 18.0 Å². The monoisotopic (exact) mass is 382 g/mol. The van der Waals surface area contributed by atoms with Gasteiger partial charge in [0.2, 0.25) is 0 Å². The molecule has 2 aromatic rings. The molecule has 1 aromatic carbocycles. The second kappa shape index (κ2) is 6.68. The van der Waals surface area contributed by atoms with Gasteiger partial charge < -0.3 is 0 Å². The number of rotatable bonds is 3. The van der Waals surface area contributed by atoms with Crippen LogP contribution >= 0.6 is 11.5 Å². The van der Waals surface area contributed by atoms with Gasteiger partial charge in [0.15, 0.2) is 0 Å². The Morgan fingerprint density at radius 2 is 1.92 bits per heavy atom. The summed E-state index contributed by atoms with van der Waals surface area (Å²) in [6, 6.07) is 6.28. The Hall–Kier alpha value is -1.89. The van der Waals surface area contributed by atoms with Crippen LogP contribution in [0.2, 0.25) is 0 Å². The smallest absolute Gasteiger partial charge is 0.281 e. The maximum atomic E-state index is 12.9. The number of amides is 1. The standard InChI is InChI=1S/C19H21F3N2OS/c1-18(2,3)15-10-16(24(26-15)11-12-7-8-12)23-17(25)13-5-4-6-14(9-13)19(20,21)22/h4-6,9-10,12H,7-8,11H2,1-3H3/b23-16+. The van der Waals surface area contributed by atoms with E-state index in [1.807, 2.05) is 10.0 Å². The molecule has 7 heteroatoms. The van der Waals surface area contributed by atoms with E-state index in [4.69, 9.17) is 0 Å². The summed E-state index contributed by atoms with van der Waals surface area (Å²) >= 11 is 1.57. The molecule has 3 nitrogen and oxygen atoms in total. The highest BCUT2D eigenvalue weighted by molar-refractivity contribution is 7.06. The van der Waals surface area contributed by atoms with Gasteiger partial charge in [-0.1, -0.05) is 38.4 Å². The van der Waals surface area contributed by atoms with Crippen LogP contribution in [0.5, 0.6) is 0 Å². The van der Waals surface area contributed by atoms with Crippen LogP contribution in [0.25, 0.3) is 0 Å². The number of benzene rings is 1. The summed E-state index contributed by atoms with van der Waals surface area (Å²) < 4.78 is 40.6. The Morgan fingerprint density at radius 3 is 2.50 bits per heavy atom. The summed E-state index contributed by atoms with van der Waals surface area (Å²) in [5, 5.41) is 0. The van der Waals surface area contributed by atoms with Crippen molar-refractivity contribution in [2.45, 2.75) is 51.7 Å². The lowest BCUT2D eigenvalue weighted by molar-refractivity contribution is -0.137. The van der Waals surface area contributed by atoms with Gasteiger partial charge in [0.25, 0.3) is 5.91 Å². The Balaban J connectivity index is 1.98. The number of aromatic nitrogens is 1. The lowest BCUT2D eigenvalue weighted by atomic mass is 9.95. The third kappa shape index (κ3) is 4.44. The summed E-state index contributed by atoms with van der Waals surface area (Å²) in [6.45, 7) is 7.05. The molecule has 1 aliphatic carbocycles. The first-order valence-corrected chi connectivity index (χ1v) is 9.29. The number of halogens is 3. The van der Waals surface area contributed by atoms with Crippen LogP contribution in [0.15, 0.2) is 35.3 Å². The first-order valence-electron chi connectivity index (χ1n) is 8.52. The van der Waals surface area contributed by atoms with Crippen LogP contribution < -0.4 is 5.49 Å². The zero-order chi connectivity index (χ0) is 19.1. The topological polar surface area (TPSA) is 34.4 Å². The minimum Gasteiger partial charge on any atom is -0.281 e. The quantitative estimate of drug-likeness (QED) is 0.734. The van der Waals surface area contributed by atoms with Gasteiger partial charge in [0.05, 0.1) is 5.56 Å². The van der Waals surface area contributed by atoms with Crippen LogP contribution in [0.1, 0.15) is 54.4 Å².